The molecule has 6 heteroatoms. The second kappa shape index (κ2) is 6.49. The SMILES string of the molecule is Cc1cccc(N(C)N=NS(=O)(=O)Cc2ccccc2)c1. The maximum Gasteiger partial charge on any atom is 0.276 e. The Morgan fingerprint density at radius 2 is 1.76 bits per heavy atom. The Balaban J connectivity index is 2.09. The molecule has 0 saturated heterocycles. The number of nitrogens with zero attached hydrogens (tertiary/aromatic N) is 3. The molecule has 0 fully saturated rings. The van der Waals surface area contributed by atoms with Gasteiger partial charge in [0.25, 0.3) is 10.0 Å². The van der Waals surface area contributed by atoms with E-state index >= 15 is 0 Å². The van der Waals surface area contributed by atoms with E-state index < -0.39 is 10.0 Å². The van der Waals surface area contributed by atoms with Crippen LogP contribution in [0.5, 0.6) is 0 Å². The van der Waals surface area contributed by atoms with Crippen molar-refractivity contribution in [3.05, 3.63) is 65.7 Å². The lowest BCUT2D eigenvalue weighted by Crippen LogP contribution is -2.09. The first kappa shape index (κ1) is 15.2. The highest BCUT2D eigenvalue weighted by molar-refractivity contribution is 7.89. The molecule has 0 spiro atoms. The smallest absolute Gasteiger partial charge is 0.249 e. The second-order valence-corrected chi connectivity index (χ2v) is 6.36. The Bertz CT molecular complexity index is 728. The first-order chi connectivity index (χ1) is 9.96. The van der Waals surface area contributed by atoms with E-state index in [4.69, 9.17) is 0 Å². The summed E-state index contributed by atoms with van der Waals surface area (Å²) in [5.74, 6) is -0.154. The van der Waals surface area contributed by atoms with Gasteiger partial charge in [-0.1, -0.05) is 47.7 Å². The molecule has 0 aromatic heterocycles. The Labute approximate surface area is 125 Å². The Kier molecular flexibility index (Phi) is 4.70. The number of anilines is 1. The summed E-state index contributed by atoms with van der Waals surface area (Å²) in [6.45, 7) is 1.96. The number of hydrogen-bond donors (Lipinski definition) is 0. The molecule has 0 saturated carbocycles. The van der Waals surface area contributed by atoms with Gasteiger partial charge in [0.15, 0.2) is 0 Å². The van der Waals surface area contributed by atoms with Crippen molar-refractivity contribution in [2.45, 2.75) is 12.7 Å². The van der Waals surface area contributed by atoms with E-state index in [1.54, 1.807) is 31.3 Å². The molecular formula is C15H17N3O2S. The molecule has 0 aliphatic heterocycles. The lowest BCUT2D eigenvalue weighted by Gasteiger charge is -2.11. The van der Waals surface area contributed by atoms with E-state index in [0.717, 1.165) is 11.3 Å². The van der Waals surface area contributed by atoms with Crippen molar-refractivity contribution in [3.63, 3.8) is 0 Å². The second-order valence-electron chi connectivity index (χ2n) is 4.75. The van der Waals surface area contributed by atoms with Gasteiger partial charge in [-0.15, -0.1) is 0 Å². The van der Waals surface area contributed by atoms with Crippen molar-refractivity contribution in [2.24, 2.45) is 9.74 Å². The van der Waals surface area contributed by atoms with Gasteiger partial charge in [0.2, 0.25) is 0 Å². The molecule has 0 atom stereocenters. The maximum atomic E-state index is 11.9. The van der Waals surface area contributed by atoms with Crippen molar-refractivity contribution < 1.29 is 8.42 Å². The summed E-state index contributed by atoms with van der Waals surface area (Å²) in [6, 6.07) is 16.5. The summed E-state index contributed by atoms with van der Waals surface area (Å²) in [7, 11) is -1.97. The molecule has 0 heterocycles. The number of benzene rings is 2. The van der Waals surface area contributed by atoms with Crippen LogP contribution < -0.4 is 5.01 Å². The molecule has 5 nitrogen and oxygen atoms in total. The molecule has 21 heavy (non-hydrogen) atoms. The third kappa shape index (κ3) is 4.68. The summed E-state index contributed by atoms with van der Waals surface area (Å²) >= 11 is 0. The standard InChI is InChI=1S/C15H17N3O2S/c1-13-7-6-10-15(11-13)18(2)16-17-21(19,20)12-14-8-4-3-5-9-14/h3-11H,12H2,1-2H3. The van der Waals surface area contributed by atoms with Gasteiger partial charge in [0.05, 0.1) is 11.4 Å². The van der Waals surface area contributed by atoms with Crippen molar-refractivity contribution in [1.82, 2.24) is 0 Å². The zero-order valence-corrected chi connectivity index (χ0v) is 12.8. The van der Waals surface area contributed by atoms with Gasteiger partial charge in [-0.2, -0.15) is 0 Å². The summed E-state index contributed by atoms with van der Waals surface area (Å²) in [5, 5.41) is 5.21. The molecule has 0 bridgehead atoms. The third-order valence-corrected chi connectivity index (χ3v) is 3.88. The quantitative estimate of drug-likeness (QED) is 0.628. The molecular weight excluding hydrogens is 286 g/mol. The highest BCUT2D eigenvalue weighted by atomic mass is 32.2. The molecule has 0 N–H and O–H groups in total. The van der Waals surface area contributed by atoms with Crippen LogP contribution in [0.25, 0.3) is 0 Å². The molecule has 2 rings (SSSR count). The minimum atomic E-state index is -3.63. The molecule has 2 aromatic carbocycles. The molecule has 0 aliphatic carbocycles. The zero-order chi connectivity index (χ0) is 15.3. The Morgan fingerprint density at radius 1 is 1.05 bits per heavy atom. The van der Waals surface area contributed by atoms with Crippen molar-refractivity contribution in [3.8, 4) is 0 Å². The number of sulfonamides is 1. The number of aryl methyl sites for hydroxylation is 1. The predicted octanol–water partition coefficient (Wildman–Crippen LogP) is 3.33. The van der Waals surface area contributed by atoms with Crippen LogP contribution in [-0.4, -0.2) is 15.5 Å². The van der Waals surface area contributed by atoms with Crippen LogP contribution in [0.2, 0.25) is 0 Å². The predicted molar refractivity (Wildman–Crippen MR) is 83.5 cm³/mol. The van der Waals surface area contributed by atoms with Crippen LogP contribution in [0.1, 0.15) is 11.1 Å². The van der Waals surface area contributed by atoms with E-state index in [1.807, 2.05) is 37.3 Å². The number of rotatable bonds is 5. The van der Waals surface area contributed by atoms with Gasteiger partial charge in [-0.05, 0) is 34.7 Å². The zero-order valence-electron chi connectivity index (χ0n) is 12.0. The third-order valence-electron chi connectivity index (χ3n) is 2.86. The lowest BCUT2D eigenvalue weighted by atomic mass is 10.2. The summed E-state index contributed by atoms with van der Waals surface area (Å²) in [6.07, 6.45) is 0. The van der Waals surface area contributed by atoms with Gasteiger partial charge in [-0.3, -0.25) is 0 Å². The van der Waals surface area contributed by atoms with Gasteiger partial charge < -0.3 is 0 Å². The van der Waals surface area contributed by atoms with Gasteiger partial charge in [0.1, 0.15) is 0 Å². The van der Waals surface area contributed by atoms with Crippen molar-refractivity contribution in [2.75, 3.05) is 12.1 Å². The van der Waals surface area contributed by atoms with E-state index in [-0.39, 0.29) is 5.75 Å². The molecule has 0 amide bonds. The summed E-state index contributed by atoms with van der Waals surface area (Å²) in [5.41, 5.74) is 2.55. The largest absolute Gasteiger partial charge is 0.276 e. The molecule has 0 aliphatic rings. The van der Waals surface area contributed by atoms with Gasteiger partial charge in [-0.25, -0.2) is 13.4 Å². The molecule has 0 radical (unpaired) electrons. The first-order valence-electron chi connectivity index (χ1n) is 6.46. The van der Waals surface area contributed by atoms with Crippen LogP contribution in [0.15, 0.2) is 64.3 Å². The molecule has 110 valence electrons. The van der Waals surface area contributed by atoms with Crippen LogP contribution in [0.4, 0.5) is 5.69 Å². The van der Waals surface area contributed by atoms with Crippen molar-refractivity contribution in [1.29, 1.82) is 0 Å². The van der Waals surface area contributed by atoms with Crippen LogP contribution in [-0.2, 0) is 15.8 Å². The van der Waals surface area contributed by atoms with E-state index in [2.05, 4.69) is 9.74 Å². The Hall–Kier alpha value is -2.21. The molecule has 2 aromatic rings. The lowest BCUT2D eigenvalue weighted by molar-refractivity contribution is 0.593. The minimum Gasteiger partial charge on any atom is -0.249 e. The monoisotopic (exact) mass is 303 g/mol. The Morgan fingerprint density at radius 3 is 2.43 bits per heavy atom. The highest BCUT2D eigenvalue weighted by Crippen LogP contribution is 2.15. The summed E-state index contributed by atoms with van der Waals surface area (Å²) < 4.78 is 27.3. The number of hydrogen-bond acceptors (Lipinski definition) is 3. The topological polar surface area (TPSA) is 62.1 Å². The summed E-state index contributed by atoms with van der Waals surface area (Å²) in [4.78, 5) is 0. The van der Waals surface area contributed by atoms with E-state index in [0.29, 0.717) is 5.56 Å². The first-order valence-corrected chi connectivity index (χ1v) is 8.07. The fraction of sp³-hybridized carbons (Fsp3) is 0.200. The highest BCUT2D eigenvalue weighted by Gasteiger charge is 2.10. The fourth-order valence-electron chi connectivity index (χ4n) is 1.81. The normalized spacial score (nSPS) is 11.7. The van der Waals surface area contributed by atoms with Crippen LogP contribution in [0, 0.1) is 6.92 Å². The van der Waals surface area contributed by atoms with Gasteiger partial charge in [0, 0.05) is 7.05 Å². The maximum absolute atomic E-state index is 11.9. The molecule has 0 unspecified atom stereocenters. The fourth-order valence-corrected chi connectivity index (χ4v) is 2.70. The van der Waals surface area contributed by atoms with E-state index in [1.165, 1.54) is 5.01 Å². The average Bonchev–Trinajstić information content (AvgIpc) is 2.45. The minimum absolute atomic E-state index is 0.154. The van der Waals surface area contributed by atoms with E-state index in [9.17, 15) is 8.42 Å². The van der Waals surface area contributed by atoms with Crippen LogP contribution in [0.3, 0.4) is 0 Å². The van der Waals surface area contributed by atoms with Crippen LogP contribution >= 0.6 is 0 Å². The average molecular weight is 303 g/mol. The van der Waals surface area contributed by atoms with Gasteiger partial charge >= 0.3 is 0 Å². The van der Waals surface area contributed by atoms with Crippen molar-refractivity contribution >= 4 is 15.7 Å².